The largest absolute Gasteiger partial charge is 0.330 e. The fraction of sp³-hybridized carbons (Fsp3) is 1.00. The normalized spacial score (nSPS) is 15.3. The average Bonchev–Trinajstić information content (AvgIpc) is 1.81. The predicted molar refractivity (Wildman–Crippen MR) is 46.9 cm³/mol. The summed E-state index contributed by atoms with van der Waals surface area (Å²) in [5.41, 5.74) is 5.98. The molecule has 0 spiro atoms. The van der Waals surface area contributed by atoms with Crippen molar-refractivity contribution in [1.29, 1.82) is 0 Å². The Morgan fingerprint density at radius 3 is 2.10 bits per heavy atom. The Labute approximate surface area is 65.0 Å². The molecule has 10 heavy (non-hydrogen) atoms. The summed E-state index contributed by atoms with van der Waals surface area (Å²) in [5.74, 6) is 0.694. The van der Waals surface area contributed by atoms with Crippen molar-refractivity contribution in [2.75, 3.05) is 6.54 Å². The zero-order valence-electron chi connectivity index (χ0n) is 7.78. The van der Waals surface area contributed by atoms with Crippen molar-refractivity contribution in [3.05, 3.63) is 0 Å². The predicted octanol–water partition coefficient (Wildman–Crippen LogP) is 2.41. The molecule has 0 radical (unpaired) electrons. The van der Waals surface area contributed by atoms with Crippen LogP contribution in [-0.4, -0.2) is 6.54 Å². The lowest BCUT2D eigenvalue weighted by Gasteiger charge is -2.19. The first-order valence-corrected chi connectivity index (χ1v) is 4.16. The minimum absolute atomic E-state index is 0.476. The third kappa shape index (κ3) is 6.09. The molecule has 0 fully saturated rings. The highest BCUT2D eigenvalue weighted by Gasteiger charge is 2.11. The smallest absolute Gasteiger partial charge is 0.00515 e. The molecule has 0 saturated carbocycles. The van der Waals surface area contributed by atoms with Gasteiger partial charge in [-0.2, -0.15) is 0 Å². The number of hydrogen-bond acceptors (Lipinski definition) is 1. The van der Waals surface area contributed by atoms with E-state index in [0.29, 0.717) is 11.3 Å². The number of nitrogens with two attached hydrogens (primary N) is 1. The van der Waals surface area contributed by atoms with Crippen molar-refractivity contribution in [3.63, 3.8) is 0 Å². The molecule has 1 nitrogen and oxygen atoms in total. The SMILES string of the molecule is C[C@H](CN)CCC(C)(C)C. The van der Waals surface area contributed by atoms with Gasteiger partial charge in [-0.3, -0.25) is 0 Å². The van der Waals surface area contributed by atoms with Crippen LogP contribution >= 0.6 is 0 Å². The molecule has 0 aromatic heterocycles. The minimum Gasteiger partial charge on any atom is -0.330 e. The van der Waals surface area contributed by atoms with Crippen LogP contribution in [0.3, 0.4) is 0 Å². The lowest BCUT2D eigenvalue weighted by Crippen LogP contribution is -2.14. The molecule has 2 N–H and O–H groups in total. The Hall–Kier alpha value is -0.0400. The monoisotopic (exact) mass is 143 g/mol. The summed E-state index contributed by atoms with van der Waals surface area (Å²) < 4.78 is 0. The Kier molecular flexibility index (Phi) is 3.95. The second kappa shape index (κ2) is 3.97. The molecule has 0 aliphatic heterocycles. The van der Waals surface area contributed by atoms with Crippen LogP contribution < -0.4 is 5.73 Å². The van der Waals surface area contributed by atoms with E-state index in [0.717, 1.165) is 6.54 Å². The molecule has 0 bridgehead atoms. The Morgan fingerprint density at radius 2 is 1.80 bits per heavy atom. The van der Waals surface area contributed by atoms with Crippen molar-refractivity contribution < 1.29 is 0 Å². The topological polar surface area (TPSA) is 26.0 Å². The van der Waals surface area contributed by atoms with Crippen molar-refractivity contribution in [2.45, 2.75) is 40.5 Å². The first kappa shape index (κ1) is 9.96. The van der Waals surface area contributed by atoms with Crippen molar-refractivity contribution in [1.82, 2.24) is 0 Å². The highest BCUT2D eigenvalue weighted by atomic mass is 14.5. The summed E-state index contributed by atoms with van der Waals surface area (Å²) >= 11 is 0. The Morgan fingerprint density at radius 1 is 1.30 bits per heavy atom. The molecular weight excluding hydrogens is 122 g/mol. The van der Waals surface area contributed by atoms with Gasteiger partial charge in [0.1, 0.15) is 0 Å². The van der Waals surface area contributed by atoms with Crippen LogP contribution in [-0.2, 0) is 0 Å². The van der Waals surface area contributed by atoms with Gasteiger partial charge in [0.05, 0.1) is 0 Å². The molecule has 0 aromatic carbocycles. The van der Waals surface area contributed by atoms with Gasteiger partial charge in [-0.25, -0.2) is 0 Å². The maximum Gasteiger partial charge on any atom is -0.00515 e. The Balaban J connectivity index is 3.36. The third-order valence-electron chi connectivity index (χ3n) is 1.79. The number of rotatable bonds is 3. The van der Waals surface area contributed by atoms with E-state index in [-0.39, 0.29) is 0 Å². The average molecular weight is 143 g/mol. The van der Waals surface area contributed by atoms with Crippen LogP contribution in [0, 0.1) is 11.3 Å². The maximum atomic E-state index is 5.50. The summed E-state index contributed by atoms with van der Waals surface area (Å²) in [6.45, 7) is 9.87. The van der Waals surface area contributed by atoms with Gasteiger partial charge in [0.25, 0.3) is 0 Å². The first-order chi connectivity index (χ1) is 4.45. The quantitative estimate of drug-likeness (QED) is 0.645. The molecule has 0 amide bonds. The molecule has 1 heteroatoms. The molecule has 0 saturated heterocycles. The summed E-state index contributed by atoms with van der Waals surface area (Å²) in [4.78, 5) is 0. The molecule has 0 aliphatic carbocycles. The third-order valence-corrected chi connectivity index (χ3v) is 1.79. The second-order valence-electron chi connectivity index (χ2n) is 4.44. The first-order valence-electron chi connectivity index (χ1n) is 4.16. The van der Waals surface area contributed by atoms with E-state index < -0.39 is 0 Å². The molecular formula is C9H21N. The summed E-state index contributed by atoms with van der Waals surface area (Å²) in [6.07, 6.45) is 2.55. The Bertz CT molecular complexity index is 81.2. The van der Waals surface area contributed by atoms with Crippen LogP contribution in [0.2, 0.25) is 0 Å². The van der Waals surface area contributed by atoms with Gasteiger partial charge in [0, 0.05) is 0 Å². The van der Waals surface area contributed by atoms with Crippen LogP contribution in [0.15, 0.2) is 0 Å². The van der Waals surface area contributed by atoms with E-state index in [9.17, 15) is 0 Å². The van der Waals surface area contributed by atoms with Gasteiger partial charge in [-0.1, -0.05) is 27.7 Å². The van der Waals surface area contributed by atoms with E-state index in [1.807, 2.05) is 0 Å². The maximum absolute atomic E-state index is 5.50. The fourth-order valence-electron chi connectivity index (χ4n) is 0.797. The van der Waals surface area contributed by atoms with E-state index in [4.69, 9.17) is 5.73 Å². The van der Waals surface area contributed by atoms with E-state index >= 15 is 0 Å². The minimum atomic E-state index is 0.476. The van der Waals surface area contributed by atoms with Gasteiger partial charge in [-0.15, -0.1) is 0 Å². The van der Waals surface area contributed by atoms with Gasteiger partial charge >= 0.3 is 0 Å². The lowest BCUT2D eigenvalue weighted by atomic mass is 9.87. The van der Waals surface area contributed by atoms with Crippen LogP contribution in [0.1, 0.15) is 40.5 Å². The van der Waals surface area contributed by atoms with Crippen molar-refractivity contribution >= 4 is 0 Å². The molecule has 62 valence electrons. The fourth-order valence-corrected chi connectivity index (χ4v) is 0.797. The van der Waals surface area contributed by atoms with Gasteiger partial charge in [-0.05, 0) is 30.7 Å². The second-order valence-corrected chi connectivity index (χ2v) is 4.44. The molecule has 0 heterocycles. The van der Waals surface area contributed by atoms with E-state index in [1.165, 1.54) is 12.8 Å². The number of hydrogen-bond donors (Lipinski definition) is 1. The van der Waals surface area contributed by atoms with Crippen LogP contribution in [0.5, 0.6) is 0 Å². The highest BCUT2D eigenvalue weighted by molar-refractivity contribution is 4.64. The molecule has 0 rings (SSSR count). The standard InChI is InChI=1S/C9H21N/c1-8(7-10)5-6-9(2,3)4/h8H,5-7,10H2,1-4H3/t8-/m0/s1. The van der Waals surface area contributed by atoms with E-state index in [1.54, 1.807) is 0 Å². The van der Waals surface area contributed by atoms with Crippen LogP contribution in [0.25, 0.3) is 0 Å². The van der Waals surface area contributed by atoms with Crippen LogP contribution in [0.4, 0.5) is 0 Å². The lowest BCUT2D eigenvalue weighted by molar-refractivity contribution is 0.333. The van der Waals surface area contributed by atoms with Crippen molar-refractivity contribution in [3.8, 4) is 0 Å². The molecule has 1 atom stereocenters. The summed E-state index contributed by atoms with van der Waals surface area (Å²) in [6, 6.07) is 0. The zero-order chi connectivity index (χ0) is 8.20. The summed E-state index contributed by atoms with van der Waals surface area (Å²) in [7, 11) is 0. The molecule has 0 aromatic rings. The van der Waals surface area contributed by atoms with E-state index in [2.05, 4.69) is 27.7 Å². The van der Waals surface area contributed by atoms with Crippen molar-refractivity contribution in [2.24, 2.45) is 17.1 Å². The van der Waals surface area contributed by atoms with Gasteiger partial charge in [0.2, 0.25) is 0 Å². The molecule has 0 unspecified atom stereocenters. The van der Waals surface area contributed by atoms with Gasteiger partial charge in [0.15, 0.2) is 0 Å². The molecule has 0 aliphatic rings. The highest BCUT2D eigenvalue weighted by Crippen LogP contribution is 2.22. The summed E-state index contributed by atoms with van der Waals surface area (Å²) in [5, 5.41) is 0. The zero-order valence-corrected chi connectivity index (χ0v) is 7.78. The van der Waals surface area contributed by atoms with Gasteiger partial charge < -0.3 is 5.73 Å².